The van der Waals surface area contributed by atoms with Crippen molar-refractivity contribution in [3.63, 3.8) is 0 Å². The van der Waals surface area contributed by atoms with E-state index in [1.54, 1.807) is 26.2 Å². The highest BCUT2D eigenvalue weighted by Crippen LogP contribution is 2.41. The van der Waals surface area contributed by atoms with Crippen molar-refractivity contribution in [2.45, 2.75) is 32.4 Å². The molecule has 3 aromatic rings. The van der Waals surface area contributed by atoms with Gasteiger partial charge in [-0.25, -0.2) is 4.79 Å². The van der Waals surface area contributed by atoms with Crippen molar-refractivity contribution in [3.05, 3.63) is 64.4 Å². The van der Waals surface area contributed by atoms with E-state index in [1.165, 1.54) is 23.2 Å². The molecule has 0 unspecified atom stereocenters. The number of thiophene rings is 1. The summed E-state index contributed by atoms with van der Waals surface area (Å²) < 4.78 is 15.9. The number of hydrogen-bond acceptors (Lipinski definition) is 6. The minimum atomic E-state index is -0.895. The second kappa shape index (κ2) is 8.13. The third-order valence-corrected chi connectivity index (χ3v) is 6.09. The van der Waals surface area contributed by atoms with E-state index in [0.717, 1.165) is 34.6 Å². The van der Waals surface area contributed by atoms with Crippen LogP contribution in [0.25, 0.3) is 10.4 Å². The third kappa shape index (κ3) is 4.05. The van der Waals surface area contributed by atoms with Crippen LogP contribution in [0.4, 0.5) is 0 Å². The lowest BCUT2D eigenvalue weighted by molar-refractivity contribution is -0.129. The van der Waals surface area contributed by atoms with Gasteiger partial charge in [-0.05, 0) is 72.9 Å². The highest BCUT2D eigenvalue weighted by Gasteiger charge is 2.25. The molecule has 29 heavy (non-hydrogen) atoms. The number of methoxy groups -OCH3 is 1. The first-order chi connectivity index (χ1) is 14.0. The van der Waals surface area contributed by atoms with Gasteiger partial charge < -0.3 is 19.2 Å². The molecule has 6 nitrogen and oxygen atoms in total. The Morgan fingerprint density at radius 3 is 2.79 bits per heavy atom. The Labute approximate surface area is 172 Å². The summed E-state index contributed by atoms with van der Waals surface area (Å²) in [7, 11) is 1.65. The van der Waals surface area contributed by atoms with Gasteiger partial charge in [0.15, 0.2) is 6.10 Å². The zero-order valence-corrected chi connectivity index (χ0v) is 17.0. The second-order valence-corrected chi connectivity index (χ2v) is 7.88. The lowest BCUT2D eigenvalue weighted by Gasteiger charge is -2.16. The predicted octanol–water partition coefficient (Wildman–Crippen LogP) is 3.98. The SMILES string of the molecule is COc1ccc2c(c1)CCc1cc(C(=O)O[C@@H](C)C(=O)NCc3ccco3)sc1-2. The molecule has 2 heterocycles. The van der Waals surface area contributed by atoms with Crippen molar-refractivity contribution in [3.8, 4) is 16.2 Å². The molecule has 0 saturated heterocycles. The number of ether oxygens (including phenoxy) is 2. The summed E-state index contributed by atoms with van der Waals surface area (Å²) in [6, 6.07) is 11.4. The number of aryl methyl sites for hydroxylation is 2. The van der Waals surface area contributed by atoms with Gasteiger partial charge in [-0.15, -0.1) is 11.3 Å². The van der Waals surface area contributed by atoms with Crippen LogP contribution in [-0.2, 0) is 28.9 Å². The summed E-state index contributed by atoms with van der Waals surface area (Å²) in [5.74, 6) is 0.615. The Hall–Kier alpha value is -3.06. The van der Waals surface area contributed by atoms with Gasteiger partial charge in [0, 0.05) is 4.88 Å². The summed E-state index contributed by atoms with van der Waals surface area (Å²) in [6.45, 7) is 1.81. The summed E-state index contributed by atoms with van der Waals surface area (Å²) in [6.07, 6.45) is 2.40. The molecule has 1 aromatic carbocycles. The molecule has 1 N–H and O–H groups in total. The van der Waals surface area contributed by atoms with Crippen LogP contribution in [-0.4, -0.2) is 25.1 Å². The molecule has 150 valence electrons. The van der Waals surface area contributed by atoms with Gasteiger partial charge in [0.25, 0.3) is 5.91 Å². The van der Waals surface area contributed by atoms with E-state index in [9.17, 15) is 9.59 Å². The highest BCUT2D eigenvalue weighted by atomic mass is 32.1. The number of nitrogens with one attached hydrogen (secondary N) is 1. The fourth-order valence-electron chi connectivity index (χ4n) is 3.34. The normalized spacial score (nSPS) is 13.2. The average Bonchev–Trinajstić information content (AvgIpc) is 3.41. The zero-order valence-electron chi connectivity index (χ0n) is 16.2. The molecule has 1 atom stereocenters. The van der Waals surface area contributed by atoms with Gasteiger partial charge in [0.05, 0.1) is 19.9 Å². The zero-order chi connectivity index (χ0) is 20.4. The van der Waals surface area contributed by atoms with Crippen LogP contribution >= 0.6 is 11.3 Å². The number of carbonyl (C=O) groups excluding carboxylic acids is 2. The quantitative estimate of drug-likeness (QED) is 0.621. The number of amides is 1. The van der Waals surface area contributed by atoms with Crippen LogP contribution in [0.1, 0.15) is 33.5 Å². The van der Waals surface area contributed by atoms with Crippen LogP contribution in [0, 0.1) is 0 Å². The maximum Gasteiger partial charge on any atom is 0.349 e. The molecule has 0 fully saturated rings. The molecule has 7 heteroatoms. The van der Waals surface area contributed by atoms with E-state index in [-0.39, 0.29) is 12.5 Å². The molecule has 1 amide bonds. The Balaban J connectivity index is 1.43. The molecular weight excluding hydrogens is 390 g/mol. The number of furan rings is 1. The van der Waals surface area contributed by atoms with E-state index in [2.05, 4.69) is 5.32 Å². The number of hydrogen-bond donors (Lipinski definition) is 1. The summed E-state index contributed by atoms with van der Waals surface area (Å²) in [5.41, 5.74) is 3.47. The Morgan fingerprint density at radius 2 is 2.03 bits per heavy atom. The van der Waals surface area contributed by atoms with Crippen LogP contribution in [0.3, 0.4) is 0 Å². The van der Waals surface area contributed by atoms with Crippen LogP contribution in [0.15, 0.2) is 47.1 Å². The molecule has 0 aliphatic heterocycles. The first-order valence-corrected chi connectivity index (χ1v) is 10.2. The standard InChI is InChI=1S/C22H21NO5S/c1-13(21(24)23-12-17-4-3-9-27-17)28-22(25)19-11-15-6-5-14-10-16(26-2)7-8-18(14)20(15)29-19/h3-4,7-11,13H,5-6,12H2,1-2H3,(H,23,24)/t13-/m0/s1. The van der Waals surface area contributed by atoms with Gasteiger partial charge in [-0.1, -0.05) is 0 Å². The van der Waals surface area contributed by atoms with Gasteiger partial charge in [-0.3, -0.25) is 4.79 Å². The van der Waals surface area contributed by atoms with Gasteiger partial charge in [0.2, 0.25) is 0 Å². The summed E-state index contributed by atoms with van der Waals surface area (Å²) in [4.78, 5) is 26.4. The first kappa shape index (κ1) is 19.3. The minimum Gasteiger partial charge on any atom is -0.497 e. The van der Waals surface area contributed by atoms with Crippen molar-refractivity contribution >= 4 is 23.2 Å². The van der Waals surface area contributed by atoms with Crippen LogP contribution in [0.5, 0.6) is 5.75 Å². The molecule has 1 aliphatic rings. The smallest absolute Gasteiger partial charge is 0.349 e. The van der Waals surface area contributed by atoms with E-state index in [0.29, 0.717) is 10.6 Å². The lowest BCUT2D eigenvalue weighted by atomic mass is 9.91. The van der Waals surface area contributed by atoms with Gasteiger partial charge >= 0.3 is 5.97 Å². The molecular formula is C22H21NO5S. The topological polar surface area (TPSA) is 77.8 Å². The largest absolute Gasteiger partial charge is 0.497 e. The van der Waals surface area contributed by atoms with Gasteiger partial charge in [-0.2, -0.15) is 0 Å². The Bertz CT molecular complexity index is 1040. The maximum absolute atomic E-state index is 12.6. The van der Waals surface area contributed by atoms with Crippen molar-refractivity contribution in [2.24, 2.45) is 0 Å². The van der Waals surface area contributed by atoms with Crippen LogP contribution < -0.4 is 10.1 Å². The average molecular weight is 411 g/mol. The lowest BCUT2D eigenvalue weighted by Crippen LogP contribution is -2.35. The van der Waals surface area contributed by atoms with Crippen molar-refractivity contribution in [1.29, 1.82) is 0 Å². The van der Waals surface area contributed by atoms with Crippen molar-refractivity contribution in [2.75, 3.05) is 7.11 Å². The van der Waals surface area contributed by atoms with Crippen molar-refractivity contribution < 1.29 is 23.5 Å². The van der Waals surface area contributed by atoms with E-state index in [1.807, 2.05) is 24.3 Å². The molecule has 0 spiro atoms. The van der Waals surface area contributed by atoms with Crippen molar-refractivity contribution in [1.82, 2.24) is 5.32 Å². The van der Waals surface area contributed by atoms with Crippen LogP contribution in [0.2, 0.25) is 0 Å². The fourth-order valence-corrected chi connectivity index (χ4v) is 4.49. The number of carbonyl (C=O) groups is 2. The monoisotopic (exact) mass is 411 g/mol. The molecule has 0 radical (unpaired) electrons. The summed E-state index contributed by atoms with van der Waals surface area (Å²) >= 11 is 1.40. The highest BCUT2D eigenvalue weighted by molar-refractivity contribution is 7.17. The molecule has 0 bridgehead atoms. The van der Waals surface area contributed by atoms with E-state index < -0.39 is 12.1 Å². The molecule has 4 rings (SSSR count). The predicted molar refractivity (Wildman–Crippen MR) is 109 cm³/mol. The number of esters is 1. The maximum atomic E-state index is 12.6. The molecule has 2 aromatic heterocycles. The Morgan fingerprint density at radius 1 is 1.21 bits per heavy atom. The summed E-state index contributed by atoms with van der Waals surface area (Å²) in [5, 5.41) is 2.70. The number of rotatable bonds is 6. The number of benzene rings is 1. The fraction of sp³-hybridized carbons (Fsp3) is 0.273. The minimum absolute atomic E-state index is 0.251. The molecule has 1 aliphatic carbocycles. The number of fused-ring (bicyclic) bond motifs is 3. The van der Waals surface area contributed by atoms with E-state index >= 15 is 0 Å². The van der Waals surface area contributed by atoms with Gasteiger partial charge in [0.1, 0.15) is 16.4 Å². The second-order valence-electron chi connectivity index (χ2n) is 6.83. The molecule has 0 saturated carbocycles. The Kier molecular flexibility index (Phi) is 5.40. The van der Waals surface area contributed by atoms with E-state index in [4.69, 9.17) is 13.9 Å². The third-order valence-electron chi connectivity index (χ3n) is 4.90. The first-order valence-electron chi connectivity index (χ1n) is 9.36.